The molecule has 0 fully saturated rings. The number of halogens is 1. The van der Waals surface area contributed by atoms with Crippen molar-refractivity contribution < 1.29 is 4.52 Å². The van der Waals surface area contributed by atoms with Gasteiger partial charge in [0.05, 0.1) is 0 Å². The van der Waals surface area contributed by atoms with Crippen LogP contribution in [0.25, 0.3) is 11.6 Å². The third kappa shape index (κ3) is 7.45. The average molecular weight is 506 g/mol. The maximum Gasteiger partial charge on any atom is 0.276 e. The standard InChI is InChI=1S/C21H26N6O.HI/c1-16(11-12-17-8-4-3-5-9-17)25-21(22-2)24-15-13-19-26-20(28-27-19)18-10-6-7-14-23-18;/h3-10,14,16H,11-13,15H2,1-2H3,(H2,22,24,25);1H. The molecule has 154 valence electrons. The van der Waals surface area contributed by atoms with Crippen molar-refractivity contribution in [1.29, 1.82) is 0 Å². The molecular weight excluding hydrogens is 479 g/mol. The zero-order valence-corrected chi connectivity index (χ0v) is 19.0. The van der Waals surface area contributed by atoms with E-state index in [1.807, 2.05) is 24.3 Å². The fourth-order valence-electron chi connectivity index (χ4n) is 2.77. The second-order valence-corrected chi connectivity index (χ2v) is 6.55. The SMILES string of the molecule is CN=C(NCCc1noc(-c2ccccn2)n1)NC(C)CCc1ccccc1.I. The van der Waals surface area contributed by atoms with Crippen LogP contribution in [-0.4, -0.2) is 40.7 Å². The fourth-order valence-corrected chi connectivity index (χ4v) is 2.77. The monoisotopic (exact) mass is 506 g/mol. The van der Waals surface area contributed by atoms with Crippen LogP contribution < -0.4 is 10.6 Å². The Hall–Kier alpha value is -2.49. The minimum absolute atomic E-state index is 0. The molecule has 2 heterocycles. The molecule has 0 bridgehead atoms. The first-order valence-electron chi connectivity index (χ1n) is 9.49. The molecule has 3 rings (SSSR count). The third-order valence-corrected chi connectivity index (χ3v) is 4.31. The maximum atomic E-state index is 5.28. The summed E-state index contributed by atoms with van der Waals surface area (Å²) in [5.74, 6) is 1.85. The zero-order valence-electron chi connectivity index (χ0n) is 16.7. The zero-order chi connectivity index (χ0) is 19.6. The van der Waals surface area contributed by atoms with Crippen LogP contribution in [0.1, 0.15) is 24.7 Å². The summed E-state index contributed by atoms with van der Waals surface area (Å²) in [5, 5.41) is 10.7. The van der Waals surface area contributed by atoms with Crippen LogP contribution >= 0.6 is 24.0 Å². The highest BCUT2D eigenvalue weighted by Crippen LogP contribution is 2.13. The second-order valence-electron chi connectivity index (χ2n) is 6.55. The van der Waals surface area contributed by atoms with E-state index in [9.17, 15) is 0 Å². The number of nitrogens with one attached hydrogen (secondary N) is 2. The number of aromatic nitrogens is 3. The van der Waals surface area contributed by atoms with E-state index in [1.54, 1.807) is 13.2 Å². The molecule has 0 saturated carbocycles. The number of hydrogen-bond donors (Lipinski definition) is 2. The van der Waals surface area contributed by atoms with Crippen molar-refractivity contribution in [3.8, 4) is 11.6 Å². The molecule has 0 spiro atoms. The first kappa shape index (κ1) is 22.8. The topological polar surface area (TPSA) is 88.2 Å². The van der Waals surface area contributed by atoms with E-state index >= 15 is 0 Å². The van der Waals surface area contributed by atoms with Crippen molar-refractivity contribution in [2.45, 2.75) is 32.2 Å². The smallest absolute Gasteiger partial charge is 0.276 e. The van der Waals surface area contributed by atoms with Gasteiger partial charge in [-0.1, -0.05) is 41.6 Å². The molecule has 0 amide bonds. The fraction of sp³-hybridized carbons (Fsp3) is 0.333. The van der Waals surface area contributed by atoms with Crippen molar-refractivity contribution in [1.82, 2.24) is 25.8 Å². The number of aryl methyl sites for hydroxylation is 1. The summed E-state index contributed by atoms with van der Waals surface area (Å²) < 4.78 is 5.28. The van der Waals surface area contributed by atoms with E-state index in [0.29, 0.717) is 36.4 Å². The minimum atomic E-state index is 0. The predicted octanol–water partition coefficient (Wildman–Crippen LogP) is 3.48. The lowest BCUT2D eigenvalue weighted by molar-refractivity contribution is 0.421. The lowest BCUT2D eigenvalue weighted by atomic mass is 10.1. The molecule has 0 saturated heterocycles. The van der Waals surface area contributed by atoms with Gasteiger partial charge in [-0.3, -0.25) is 9.98 Å². The lowest BCUT2D eigenvalue weighted by Gasteiger charge is -2.17. The summed E-state index contributed by atoms with van der Waals surface area (Å²) in [7, 11) is 1.77. The first-order valence-corrected chi connectivity index (χ1v) is 9.49. The van der Waals surface area contributed by atoms with Crippen molar-refractivity contribution in [2.75, 3.05) is 13.6 Å². The van der Waals surface area contributed by atoms with Gasteiger partial charge < -0.3 is 15.2 Å². The van der Waals surface area contributed by atoms with E-state index in [1.165, 1.54) is 5.56 Å². The van der Waals surface area contributed by atoms with Crippen LogP contribution in [0, 0.1) is 0 Å². The number of guanidine groups is 1. The Kier molecular flexibility index (Phi) is 9.55. The molecule has 0 radical (unpaired) electrons. The first-order chi connectivity index (χ1) is 13.7. The quantitative estimate of drug-likeness (QED) is 0.277. The van der Waals surface area contributed by atoms with E-state index in [4.69, 9.17) is 4.52 Å². The molecule has 1 atom stereocenters. The maximum absolute atomic E-state index is 5.28. The van der Waals surface area contributed by atoms with Gasteiger partial charge in [0.1, 0.15) is 5.69 Å². The molecule has 2 N–H and O–H groups in total. The van der Waals surface area contributed by atoms with Crippen LogP contribution in [0.4, 0.5) is 0 Å². The largest absolute Gasteiger partial charge is 0.356 e. The molecule has 1 unspecified atom stereocenters. The average Bonchev–Trinajstić information content (AvgIpc) is 3.22. The van der Waals surface area contributed by atoms with Crippen molar-refractivity contribution in [3.05, 3.63) is 66.1 Å². The molecule has 29 heavy (non-hydrogen) atoms. The number of benzene rings is 1. The highest BCUT2D eigenvalue weighted by Gasteiger charge is 2.10. The highest BCUT2D eigenvalue weighted by molar-refractivity contribution is 14.0. The Bertz CT molecular complexity index is 869. The van der Waals surface area contributed by atoms with E-state index < -0.39 is 0 Å². The summed E-state index contributed by atoms with van der Waals surface area (Å²) in [4.78, 5) is 12.9. The van der Waals surface area contributed by atoms with Crippen molar-refractivity contribution >= 4 is 29.9 Å². The Morgan fingerprint density at radius 3 is 2.62 bits per heavy atom. The van der Waals surface area contributed by atoms with Gasteiger partial charge in [-0.15, -0.1) is 24.0 Å². The molecular formula is C21H27IN6O. The molecule has 1 aromatic carbocycles. The van der Waals surface area contributed by atoms with Crippen molar-refractivity contribution in [2.24, 2.45) is 4.99 Å². The molecule has 7 nitrogen and oxygen atoms in total. The van der Waals surface area contributed by atoms with Crippen LogP contribution in [-0.2, 0) is 12.8 Å². The Morgan fingerprint density at radius 2 is 1.90 bits per heavy atom. The summed E-state index contributed by atoms with van der Waals surface area (Å²) in [6, 6.07) is 16.4. The third-order valence-electron chi connectivity index (χ3n) is 4.31. The number of pyridine rings is 1. The molecule has 3 aromatic rings. The second kappa shape index (κ2) is 12.2. The van der Waals surface area contributed by atoms with Gasteiger partial charge in [-0.05, 0) is 37.5 Å². The number of nitrogens with zero attached hydrogens (tertiary/aromatic N) is 4. The van der Waals surface area contributed by atoms with Crippen LogP contribution in [0.3, 0.4) is 0 Å². The van der Waals surface area contributed by atoms with Crippen LogP contribution in [0.2, 0.25) is 0 Å². The Balaban J connectivity index is 0.00000300. The lowest BCUT2D eigenvalue weighted by Crippen LogP contribution is -2.43. The van der Waals surface area contributed by atoms with Crippen molar-refractivity contribution in [3.63, 3.8) is 0 Å². The van der Waals surface area contributed by atoms with E-state index in [2.05, 4.69) is 61.9 Å². The van der Waals surface area contributed by atoms with Gasteiger partial charge in [0.15, 0.2) is 11.8 Å². The predicted molar refractivity (Wildman–Crippen MR) is 125 cm³/mol. The molecule has 0 aliphatic heterocycles. The van der Waals surface area contributed by atoms with Gasteiger partial charge in [0, 0.05) is 32.3 Å². The normalized spacial score (nSPS) is 12.1. The highest BCUT2D eigenvalue weighted by atomic mass is 127. The summed E-state index contributed by atoms with van der Waals surface area (Å²) in [6.45, 7) is 2.82. The summed E-state index contributed by atoms with van der Waals surface area (Å²) >= 11 is 0. The number of hydrogen-bond acceptors (Lipinski definition) is 5. The number of rotatable bonds is 8. The van der Waals surface area contributed by atoms with Gasteiger partial charge in [0.25, 0.3) is 5.89 Å². The molecule has 0 aliphatic rings. The molecule has 2 aromatic heterocycles. The van der Waals surface area contributed by atoms with Gasteiger partial charge in [-0.25, -0.2) is 0 Å². The summed E-state index contributed by atoms with van der Waals surface area (Å²) in [5.41, 5.74) is 2.03. The number of aliphatic imine (C=N–C) groups is 1. The van der Waals surface area contributed by atoms with E-state index in [-0.39, 0.29) is 24.0 Å². The minimum Gasteiger partial charge on any atom is -0.356 e. The van der Waals surface area contributed by atoms with Crippen LogP contribution in [0.5, 0.6) is 0 Å². The Labute approximate surface area is 188 Å². The van der Waals surface area contributed by atoms with E-state index in [0.717, 1.165) is 18.8 Å². The van der Waals surface area contributed by atoms with Crippen LogP contribution in [0.15, 0.2) is 64.2 Å². The molecule has 0 aliphatic carbocycles. The molecule has 8 heteroatoms. The van der Waals surface area contributed by atoms with Gasteiger partial charge in [-0.2, -0.15) is 4.98 Å². The van der Waals surface area contributed by atoms with Gasteiger partial charge in [0.2, 0.25) is 0 Å². The summed E-state index contributed by atoms with van der Waals surface area (Å²) in [6.07, 6.45) is 4.40. The Morgan fingerprint density at radius 1 is 1.10 bits per heavy atom. The van der Waals surface area contributed by atoms with Gasteiger partial charge >= 0.3 is 0 Å².